The van der Waals surface area contributed by atoms with Crippen molar-refractivity contribution in [3.63, 3.8) is 0 Å². The lowest BCUT2D eigenvalue weighted by atomic mass is 10.0. The highest BCUT2D eigenvalue weighted by Gasteiger charge is 2.37. The van der Waals surface area contributed by atoms with E-state index in [1.165, 1.54) is 0 Å². The Hall–Kier alpha value is -1.59. The van der Waals surface area contributed by atoms with E-state index in [1.807, 2.05) is 20.8 Å². The van der Waals surface area contributed by atoms with E-state index in [9.17, 15) is 14.4 Å². The van der Waals surface area contributed by atoms with Crippen LogP contribution >= 0.6 is 0 Å². The summed E-state index contributed by atoms with van der Waals surface area (Å²) < 4.78 is 5.35. The average Bonchev–Trinajstić information content (AvgIpc) is 2.66. The van der Waals surface area contributed by atoms with Gasteiger partial charge < -0.3 is 14.5 Å². The van der Waals surface area contributed by atoms with Gasteiger partial charge >= 0.3 is 6.09 Å². The Morgan fingerprint density at radius 2 is 2.00 bits per heavy atom. The molecular formula is C14H22N2O4. The molecule has 6 heteroatoms. The summed E-state index contributed by atoms with van der Waals surface area (Å²) in [5.74, 6) is -0.157. The maximum atomic E-state index is 12.1. The first-order valence-corrected chi connectivity index (χ1v) is 7.05. The topological polar surface area (TPSA) is 66.9 Å². The van der Waals surface area contributed by atoms with Crippen LogP contribution in [0.5, 0.6) is 0 Å². The lowest BCUT2D eigenvalue weighted by molar-refractivity contribution is -0.130. The van der Waals surface area contributed by atoms with Gasteiger partial charge in [0.25, 0.3) is 0 Å². The fourth-order valence-corrected chi connectivity index (χ4v) is 2.64. The number of amides is 2. The summed E-state index contributed by atoms with van der Waals surface area (Å²) >= 11 is 0. The molecule has 0 aromatic carbocycles. The van der Waals surface area contributed by atoms with E-state index in [2.05, 4.69) is 0 Å². The first kappa shape index (κ1) is 14.8. The SMILES string of the molecule is CC(C)(C)OC(=O)N1CCCC(N2CC(=O)CC2=O)C1. The number of hydrogen-bond acceptors (Lipinski definition) is 4. The Morgan fingerprint density at radius 3 is 2.55 bits per heavy atom. The van der Waals surface area contributed by atoms with Gasteiger partial charge in [-0.1, -0.05) is 0 Å². The first-order chi connectivity index (χ1) is 9.26. The molecular weight excluding hydrogens is 260 g/mol. The maximum Gasteiger partial charge on any atom is 0.410 e. The van der Waals surface area contributed by atoms with Gasteiger partial charge in [-0.15, -0.1) is 0 Å². The van der Waals surface area contributed by atoms with E-state index in [1.54, 1.807) is 9.80 Å². The fraction of sp³-hybridized carbons (Fsp3) is 0.786. The number of hydrogen-bond donors (Lipinski definition) is 0. The van der Waals surface area contributed by atoms with Crippen LogP contribution < -0.4 is 0 Å². The first-order valence-electron chi connectivity index (χ1n) is 7.05. The van der Waals surface area contributed by atoms with Crippen molar-refractivity contribution in [1.29, 1.82) is 0 Å². The van der Waals surface area contributed by atoms with Crippen molar-refractivity contribution >= 4 is 17.8 Å². The standard InChI is InChI=1S/C14H22N2O4/c1-14(2,3)20-13(19)15-6-4-5-10(8-15)16-9-11(17)7-12(16)18/h10H,4-9H2,1-3H3. The molecule has 2 amide bonds. The third kappa shape index (κ3) is 3.49. The number of nitrogens with zero attached hydrogens (tertiary/aromatic N) is 2. The van der Waals surface area contributed by atoms with Crippen LogP contribution in [0.4, 0.5) is 4.79 Å². The van der Waals surface area contributed by atoms with Crippen LogP contribution in [-0.2, 0) is 14.3 Å². The summed E-state index contributed by atoms with van der Waals surface area (Å²) in [6.45, 7) is 6.76. The van der Waals surface area contributed by atoms with Crippen molar-refractivity contribution in [2.45, 2.75) is 51.7 Å². The van der Waals surface area contributed by atoms with E-state index < -0.39 is 5.60 Å². The number of carbonyl (C=O) groups is 3. The normalized spacial score (nSPS) is 24.2. The van der Waals surface area contributed by atoms with Crippen LogP contribution in [-0.4, -0.2) is 58.9 Å². The van der Waals surface area contributed by atoms with E-state index in [-0.39, 0.29) is 36.8 Å². The van der Waals surface area contributed by atoms with Crippen LogP contribution in [0.3, 0.4) is 0 Å². The van der Waals surface area contributed by atoms with Crippen molar-refractivity contribution in [2.75, 3.05) is 19.6 Å². The number of carbonyl (C=O) groups excluding carboxylic acids is 3. The lowest BCUT2D eigenvalue weighted by Crippen LogP contribution is -2.51. The summed E-state index contributed by atoms with van der Waals surface area (Å²) in [5.41, 5.74) is -0.524. The molecule has 1 atom stereocenters. The number of ether oxygens (including phenoxy) is 1. The number of likely N-dealkylation sites (tertiary alicyclic amines) is 2. The Balaban J connectivity index is 1.97. The van der Waals surface area contributed by atoms with E-state index in [4.69, 9.17) is 4.74 Å². The molecule has 0 aromatic heterocycles. The summed E-state index contributed by atoms with van der Waals surface area (Å²) in [6.07, 6.45) is 1.31. The summed E-state index contributed by atoms with van der Waals surface area (Å²) in [7, 11) is 0. The molecule has 2 aliphatic heterocycles. The monoisotopic (exact) mass is 282 g/mol. The smallest absolute Gasteiger partial charge is 0.410 e. The van der Waals surface area contributed by atoms with Gasteiger partial charge in [-0.2, -0.15) is 0 Å². The van der Waals surface area contributed by atoms with Crippen LogP contribution in [0, 0.1) is 0 Å². The minimum Gasteiger partial charge on any atom is -0.444 e. The molecule has 0 spiro atoms. The van der Waals surface area contributed by atoms with Gasteiger partial charge in [0.05, 0.1) is 13.0 Å². The van der Waals surface area contributed by atoms with Gasteiger partial charge in [0.2, 0.25) is 5.91 Å². The molecule has 112 valence electrons. The number of Topliss-reactive ketones (excluding diaryl/α,β-unsaturated/α-hetero) is 1. The fourth-order valence-electron chi connectivity index (χ4n) is 2.64. The van der Waals surface area contributed by atoms with E-state index in [0.29, 0.717) is 13.1 Å². The highest BCUT2D eigenvalue weighted by molar-refractivity contribution is 6.05. The highest BCUT2D eigenvalue weighted by atomic mass is 16.6. The Kier molecular flexibility index (Phi) is 4.01. The van der Waals surface area contributed by atoms with Crippen molar-refractivity contribution in [3.05, 3.63) is 0 Å². The third-order valence-corrected chi connectivity index (χ3v) is 3.50. The van der Waals surface area contributed by atoms with Gasteiger partial charge in [-0.25, -0.2) is 4.79 Å². The molecule has 0 aliphatic carbocycles. The zero-order chi connectivity index (χ0) is 14.9. The Labute approximate surface area is 119 Å². The number of rotatable bonds is 1. The van der Waals surface area contributed by atoms with Crippen LogP contribution in [0.1, 0.15) is 40.0 Å². The predicted molar refractivity (Wildman–Crippen MR) is 72.2 cm³/mol. The van der Waals surface area contributed by atoms with Crippen LogP contribution in [0.15, 0.2) is 0 Å². The Morgan fingerprint density at radius 1 is 1.30 bits per heavy atom. The molecule has 6 nitrogen and oxygen atoms in total. The molecule has 2 heterocycles. The van der Waals surface area contributed by atoms with Crippen molar-refractivity contribution in [2.24, 2.45) is 0 Å². The minimum atomic E-state index is -0.524. The van der Waals surface area contributed by atoms with Gasteiger partial charge in [-0.3, -0.25) is 9.59 Å². The highest BCUT2D eigenvalue weighted by Crippen LogP contribution is 2.21. The molecule has 0 saturated carbocycles. The minimum absolute atomic E-state index is 0.00291. The second kappa shape index (κ2) is 5.42. The second-order valence-electron chi connectivity index (χ2n) is 6.46. The molecule has 2 saturated heterocycles. The molecule has 0 radical (unpaired) electrons. The summed E-state index contributed by atoms with van der Waals surface area (Å²) in [4.78, 5) is 38.4. The van der Waals surface area contributed by atoms with Crippen LogP contribution in [0.2, 0.25) is 0 Å². The van der Waals surface area contributed by atoms with Gasteiger partial charge in [0.1, 0.15) is 5.60 Å². The van der Waals surface area contributed by atoms with Gasteiger partial charge in [0, 0.05) is 19.1 Å². The largest absolute Gasteiger partial charge is 0.444 e. The Bertz CT molecular complexity index is 427. The molecule has 1 unspecified atom stereocenters. The van der Waals surface area contributed by atoms with E-state index in [0.717, 1.165) is 12.8 Å². The molecule has 0 aromatic rings. The third-order valence-electron chi connectivity index (χ3n) is 3.50. The predicted octanol–water partition coefficient (Wildman–Crippen LogP) is 1.19. The lowest BCUT2D eigenvalue weighted by Gasteiger charge is -2.37. The maximum absolute atomic E-state index is 12.1. The average molecular weight is 282 g/mol. The molecule has 2 fully saturated rings. The molecule has 0 bridgehead atoms. The van der Waals surface area contributed by atoms with Crippen molar-refractivity contribution < 1.29 is 19.1 Å². The molecule has 0 N–H and O–H groups in total. The molecule has 20 heavy (non-hydrogen) atoms. The van der Waals surface area contributed by atoms with Crippen molar-refractivity contribution in [1.82, 2.24) is 9.80 Å². The molecule has 2 aliphatic rings. The number of piperidine rings is 1. The number of ketones is 1. The zero-order valence-electron chi connectivity index (χ0n) is 12.3. The zero-order valence-corrected chi connectivity index (χ0v) is 12.3. The van der Waals surface area contributed by atoms with Crippen LogP contribution in [0.25, 0.3) is 0 Å². The quantitative estimate of drug-likeness (QED) is 0.677. The van der Waals surface area contributed by atoms with E-state index >= 15 is 0 Å². The molecule has 2 rings (SSSR count). The van der Waals surface area contributed by atoms with Gasteiger partial charge in [0.15, 0.2) is 5.78 Å². The summed E-state index contributed by atoms with van der Waals surface area (Å²) in [6, 6.07) is -0.0600. The van der Waals surface area contributed by atoms with Crippen molar-refractivity contribution in [3.8, 4) is 0 Å². The summed E-state index contributed by atoms with van der Waals surface area (Å²) in [5, 5.41) is 0. The second-order valence-corrected chi connectivity index (χ2v) is 6.46. The van der Waals surface area contributed by atoms with Gasteiger partial charge in [-0.05, 0) is 33.6 Å².